The van der Waals surface area contributed by atoms with E-state index in [4.69, 9.17) is 4.74 Å². The van der Waals surface area contributed by atoms with E-state index in [-0.39, 0.29) is 11.3 Å². The summed E-state index contributed by atoms with van der Waals surface area (Å²) in [6, 6.07) is 12.3. The van der Waals surface area contributed by atoms with Gasteiger partial charge in [-0.2, -0.15) is 0 Å². The van der Waals surface area contributed by atoms with Crippen molar-refractivity contribution in [3.8, 4) is 5.75 Å². The molecule has 25 heavy (non-hydrogen) atoms. The van der Waals surface area contributed by atoms with Crippen molar-refractivity contribution in [2.45, 2.75) is 17.4 Å². The molecule has 0 saturated carbocycles. The summed E-state index contributed by atoms with van der Waals surface area (Å²) in [6.07, 6.45) is -0.118. The summed E-state index contributed by atoms with van der Waals surface area (Å²) in [7, 11) is -1.06. The molecule has 0 radical (unpaired) electrons. The van der Waals surface area contributed by atoms with Gasteiger partial charge in [0.25, 0.3) is 0 Å². The molecule has 2 rings (SSSR count). The van der Waals surface area contributed by atoms with Gasteiger partial charge in [-0.15, -0.1) is 0 Å². The van der Waals surface area contributed by atoms with Crippen molar-refractivity contribution >= 4 is 31.9 Å². The van der Waals surface area contributed by atoms with Gasteiger partial charge in [-0.05, 0) is 42.0 Å². The van der Waals surface area contributed by atoms with E-state index in [1.165, 1.54) is 26.4 Å². The lowest BCUT2D eigenvalue weighted by Crippen LogP contribution is -2.30. The molecule has 134 valence electrons. The van der Waals surface area contributed by atoms with Crippen molar-refractivity contribution in [2.24, 2.45) is 0 Å². The Morgan fingerprint density at radius 2 is 1.68 bits per heavy atom. The molecule has 2 aromatic rings. The normalized spacial score (nSPS) is 12.4. The second-order valence-electron chi connectivity index (χ2n) is 5.18. The van der Waals surface area contributed by atoms with Crippen molar-refractivity contribution in [1.29, 1.82) is 0 Å². The Kier molecular flexibility index (Phi) is 6.57. The lowest BCUT2D eigenvalue weighted by atomic mass is 10.1. The van der Waals surface area contributed by atoms with Gasteiger partial charge in [0.05, 0.1) is 31.6 Å². The van der Waals surface area contributed by atoms with Crippen LogP contribution in [-0.2, 0) is 19.6 Å². The summed E-state index contributed by atoms with van der Waals surface area (Å²) in [5.74, 6) is 0.0447. The lowest BCUT2D eigenvalue weighted by Gasteiger charge is -2.18. The molecule has 2 aromatic carbocycles. The number of hydrogen-bond acceptors (Lipinski definition) is 5. The van der Waals surface area contributed by atoms with Gasteiger partial charge in [-0.25, -0.2) is 13.1 Å². The van der Waals surface area contributed by atoms with Gasteiger partial charge in [0.15, 0.2) is 0 Å². The van der Waals surface area contributed by atoms with Gasteiger partial charge >= 0.3 is 5.97 Å². The van der Waals surface area contributed by atoms with Crippen LogP contribution in [0.5, 0.6) is 5.75 Å². The first-order chi connectivity index (χ1) is 11.9. The van der Waals surface area contributed by atoms with Gasteiger partial charge in [0.1, 0.15) is 5.75 Å². The fraction of sp³-hybridized carbons (Fsp3) is 0.235. The molecule has 1 atom stereocenters. The van der Waals surface area contributed by atoms with Crippen molar-refractivity contribution in [1.82, 2.24) is 4.72 Å². The Bertz CT molecular complexity index is 819. The fourth-order valence-electron chi connectivity index (χ4n) is 2.18. The maximum atomic E-state index is 12.6. The Hall–Kier alpha value is -1.90. The summed E-state index contributed by atoms with van der Waals surface area (Å²) in [6.45, 7) is 0. The van der Waals surface area contributed by atoms with E-state index in [1.807, 2.05) is 0 Å². The highest BCUT2D eigenvalue weighted by molar-refractivity contribution is 9.10. The molecule has 0 aromatic heterocycles. The van der Waals surface area contributed by atoms with Gasteiger partial charge in [-0.1, -0.05) is 28.1 Å². The van der Waals surface area contributed by atoms with Crippen LogP contribution >= 0.6 is 15.9 Å². The smallest absolute Gasteiger partial charge is 0.307 e. The fourth-order valence-corrected chi connectivity index (χ4v) is 3.67. The van der Waals surface area contributed by atoms with Crippen LogP contribution in [0.25, 0.3) is 0 Å². The Balaban J connectivity index is 2.30. The number of sulfonamides is 1. The average Bonchev–Trinajstić information content (AvgIpc) is 2.61. The number of hydrogen-bond donors (Lipinski definition) is 1. The zero-order chi connectivity index (χ0) is 18.4. The first-order valence-corrected chi connectivity index (χ1v) is 9.62. The molecule has 6 nitrogen and oxygen atoms in total. The molecule has 0 fully saturated rings. The highest BCUT2D eigenvalue weighted by Gasteiger charge is 2.24. The Morgan fingerprint density at radius 1 is 1.08 bits per heavy atom. The molecule has 1 N–H and O–H groups in total. The van der Waals surface area contributed by atoms with Crippen LogP contribution in [-0.4, -0.2) is 28.6 Å². The third-order valence-electron chi connectivity index (χ3n) is 3.54. The number of esters is 1. The third-order valence-corrected chi connectivity index (χ3v) is 5.55. The summed E-state index contributed by atoms with van der Waals surface area (Å²) in [4.78, 5) is 11.8. The molecule has 1 unspecified atom stereocenters. The minimum atomic E-state index is -3.82. The number of methoxy groups -OCH3 is 2. The first kappa shape index (κ1) is 19.4. The van der Waals surface area contributed by atoms with Crippen molar-refractivity contribution in [3.63, 3.8) is 0 Å². The van der Waals surface area contributed by atoms with Crippen molar-refractivity contribution in [3.05, 3.63) is 58.6 Å². The first-order valence-electron chi connectivity index (χ1n) is 7.34. The van der Waals surface area contributed by atoms with E-state index in [1.54, 1.807) is 36.4 Å². The van der Waals surface area contributed by atoms with Crippen molar-refractivity contribution in [2.75, 3.05) is 14.2 Å². The predicted octanol–water partition coefficient (Wildman–Crippen LogP) is 3.04. The zero-order valence-electron chi connectivity index (χ0n) is 13.7. The van der Waals surface area contributed by atoms with E-state index >= 15 is 0 Å². The van der Waals surface area contributed by atoms with Gasteiger partial charge in [-0.3, -0.25) is 4.79 Å². The van der Waals surface area contributed by atoms with Crippen LogP contribution in [0.2, 0.25) is 0 Å². The molecule has 0 spiro atoms. The standard InChI is InChI=1S/C17H18BrNO5S/c1-23-14-7-9-15(10-8-14)25(21,22)19-16(11-17(20)24-2)12-3-5-13(18)6-4-12/h3-10,16,19H,11H2,1-2H3. The van der Waals surface area contributed by atoms with Crippen LogP contribution in [0, 0.1) is 0 Å². The maximum absolute atomic E-state index is 12.6. The minimum Gasteiger partial charge on any atom is -0.497 e. The zero-order valence-corrected chi connectivity index (χ0v) is 16.1. The lowest BCUT2D eigenvalue weighted by molar-refractivity contribution is -0.141. The number of rotatable bonds is 7. The number of nitrogens with one attached hydrogen (secondary N) is 1. The quantitative estimate of drug-likeness (QED) is 0.686. The molecule has 0 aliphatic carbocycles. The summed E-state index contributed by atoms with van der Waals surface area (Å²) in [5, 5.41) is 0. The highest BCUT2D eigenvalue weighted by Crippen LogP contribution is 2.23. The molecule has 0 heterocycles. The molecule has 0 amide bonds. The van der Waals surface area contributed by atoms with Crippen LogP contribution in [0.3, 0.4) is 0 Å². The van der Waals surface area contributed by atoms with E-state index in [2.05, 4.69) is 25.4 Å². The maximum Gasteiger partial charge on any atom is 0.307 e. The molecule has 8 heteroatoms. The predicted molar refractivity (Wildman–Crippen MR) is 96.8 cm³/mol. The van der Waals surface area contributed by atoms with Crippen LogP contribution in [0.4, 0.5) is 0 Å². The number of carbonyl (C=O) groups is 1. The number of benzene rings is 2. The largest absolute Gasteiger partial charge is 0.497 e. The van der Waals surface area contributed by atoms with E-state index < -0.39 is 22.0 Å². The summed E-state index contributed by atoms with van der Waals surface area (Å²) in [5.41, 5.74) is 0.658. The van der Waals surface area contributed by atoms with Crippen LogP contribution in [0.15, 0.2) is 57.9 Å². The van der Waals surface area contributed by atoms with E-state index in [9.17, 15) is 13.2 Å². The van der Waals surface area contributed by atoms with Crippen LogP contribution in [0.1, 0.15) is 18.0 Å². The molecule has 0 aliphatic rings. The third kappa shape index (κ3) is 5.29. The van der Waals surface area contributed by atoms with Crippen LogP contribution < -0.4 is 9.46 Å². The second-order valence-corrected chi connectivity index (χ2v) is 7.81. The average molecular weight is 428 g/mol. The topological polar surface area (TPSA) is 81.7 Å². The molecule has 0 aliphatic heterocycles. The van der Waals surface area contributed by atoms with E-state index in [0.717, 1.165) is 4.47 Å². The Morgan fingerprint density at radius 3 is 2.20 bits per heavy atom. The highest BCUT2D eigenvalue weighted by atomic mass is 79.9. The number of carbonyl (C=O) groups excluding carboxylic acids is 1. The molecule has 0 bridgehead atoms. The SMILES string of the molecule is COC(=O)CC(NS(=O)(=O)c1ccc(OC)cc1)c1ccc(Br)cc1. The monoisotopic (exact) mass is 427 g/mol. The van der Waals surface area contributed by atoms with Gasteiger partial charge < -0.3 is 9.47 Å². The second kappa shape index (κ2) is 8.46. The molecule has 0 saturated heterocycles. The molecular weight excluding hydrogens is 410 g/mol. The molecular formula is C17H18BrNO5S. The van der Waals surface area contributed by atoms with Gasteiger partial charge in [0, 0.05) is 4.47 Å². The van der Waals surface area contributed by atoms with Crippen molar-refractivity contribution < 1.29 is 22.7 Å². The Labute approximate surface area is 155 Å². The summed E-state index contributed by atoms with van der Waals surface area (Å²) >= 11 is 3.33. The van der Waals surface area contributed by atoms with E-state index in [0.29, 0.717) is 11.3 Å². The minimum absolute atomic E-state index is 0.0836. The summed E-state index contributed by atoms with van der Waals surface area (Å²) < 4.78 is 38.4. The number of halogens is 1. The number of ether oxygens (including phenoxy) is 2. The van der Waals surface area contributed by atoms with Gasteiger partial charge in [0.2, 0.25) is 10.0 Å².